The summed E-state index contributed by atoms with van der Waals surface area (Å²) in [6, 6.07) is 64.3. The van der Waals surface area contributed by atoms with Crippen LogP contribution in [0, 0.1) is 0 Å². The van der Waals surface area contributed by atoms with Crippen molar-refractivity contribution in [3.63, 3.8) is 0 Å². The van der Waals surface area contributed by atoms with Gasteiger partial charge in [-0.25, -0.2) is 0 Å². The Morgan fingerprint density at radius 2 is 0.733 bits per heavy atom. The Morgan fingerprint density at radius 1 is 0.317 bits per heavy atom. The molecule has 2 aliphatic rings. The topological polar surface area (TPSA) is 6.48 Å². The summed E-state index contributed by atoms with van der Waals surface area (Å²) >= 11 is 3.78. The Balaban J connectivity index is 0.961. The van der Waals surface area contributed by atoms with E-state index in [1.165, 1.54) is 118 Å². The number of hydrogen-bond acceptors (Lipinski definition) is 4. The van der Waals surface area contributed by atoms with E-state index >= 15 is 0 Å². The first-order chi connectivity index (χ1) is 29.2. The summed E-state index contributed by atoms with van der Waals surface area (Å²) in [6.45, 7) is 9.54. The quantitative estimate of drug-likeness (QED) is 0.161. The van der Waals surface area contributed by atoms with Crippen molar-refractivity contribution in [2.24, 2.45) is 0 Å². The van der Waals surface area contributed by atoms with Gasteiger partial charge in [0.2, 0.25) is 0 Å². The predicted octanol–water partition coefficient (Wildman–Crippen LogP) is 16.9. The first-order valence-electron chi connectivity index (χ1n) is 20.9. The lowest BCUT2D eigenvalue weighted by molar-refractivity contribution is 0.633. The van der Waals surface area contributed by atoms with Crippen molar-refractivity contribution < 1.29 is 0 Å². The molecule has 0 saturated heterocycles. The summed E-state index contributed by atoms with van der Waals surface area (Å²) in [5.41, 5.74) is 12.5. The van der Waals surface area contributed by atoms with Gasteiger partial charge in [0.1, 0.15) is 0 Å². The maximum Gasteiger partial charge on any atom is 0.0517 e. The van der Waals surface area contributed by atoms with Gasteiger partial charge in [0.05, 0.1) is 22.7 Å². The lowest BCUT2D eigenvalue weighted by Crippen LogP contribution is -2.30. The highest BCUT2D eigenvalue weighted by atomic mass is 32.1. The molecule has 4 heterocycles. The molecule has 0 saturated carbocycles. The van der Waals surface area contributed by atoms with Crippen LogP contribution in [0.1, 0.15) is 49.9 Å². The molecule has 2 aliphatic heterocycles. The maximum absolute atomic E-state index is 2.51. The monoisotopic (exact) mass is 804 g/mol. The Labute approximate surface area is 357 Å². The Bertz CT molecular complexity index is 3400. The van der Waals surface area contributed by atoms with Gasteiger partial charge in [-0.2, -0.15) is 0 Å². The van der Waals surface area contributed by atoms with Crippen LogP contribution >= 0.6 is 22.7 Å². The summed E-state index contributed by atoms with van der Waals surface area (Å²) in [4.78, 5) is 5.01. The van der Waals surface area contributed by atoms with Crippen LogP contribution in [0.3, 0.4) is 0 Å². The van der Waals surface area contributed by atoms with Crippen LogP contribution in [0.15, 0.2) is 170 Å². The van der Waals surface area contributed by atoms with Crippen molar-refractivity contribution in [1.29, 1.82) is 0 Å². The average Bonchev–Trinajstić information content (AvgIpc) is 3.82. The number of hydrogen-bond donors (Lipinski definition) is 0. The molecular weight excluding hydrogens is 765 g/mol. The second-order valence-corrected chi connectivity index (χ2v) is 20.0. The van der Waals surface area contributed by atoms with E-state index in [1.54, 1.807) is 0 Å². The number of nitrogens with zero attached hydrogens (tertiary/aromatic N) is 2. The van der Waals surface area contributed by atoms with E-state index in [4.69, 9.17) is 0 Å². The zero-order valence-electron chi connectivity index (χ0n) is 33.9. The average molecular weight is 805 g/mol. The molecule has 2 nitrogen and oxygen atoms in total. The van der Waals surface area contributed by atoms with Crippen LogP contribution in [0.4, 0.5) is 34.1 Å². The van der Waals surface area contributed by atoms with Crippen molar-refractivity contribution in [3.8, 4) is 0 Å². The third kappa shape index (κ3) is 4.69. The van der Waals surface area contributed by atoms with Crippen LogP contribution in [-0.2, 0) is 10.8 Å². The molecule has 11 aromatic rings. The maximum atomic E-state index is 2.51. The summed E-state index contributed by atoms with van der Waals surface area (Å²) in [5.74, 6) is 0. The fraction of sp³-hybridized carbons (Fsp3) is 0.107. The van der Waals surface area contributed by atoms with Crippen LogP contribution < -0.4 is 9.80 Å². The highest BCUT2D eigenvalue weighted by Gasteiger charge is 2.39. The summed E-state index contributed by atoms with van der Waals surface area (Å²) in [5, 5.41) is 10.3. The molecular formula is C56H40N2S2. The van der Waals surface area contributed by atoms with E-state index in [2.05, 4.69) is 207 Å². The zero-order chi connectivity index (χ0) is 40.1. The molecule has 2 aromatic heterocycles. The van der Waals surface area contributed by atoms with Crippen molar-refractivity contribution >= 4 is 119 Å². The largest absolute Gasteiger partial charge is 0.310 e. The highest BCUT2D eigenvalue weighted by molar-refractivity contribution is 7.26. The smallest absolute Gasteiger partial charge is 0.0517 e. The number of thiophene rings is 2. The van der Waals surface area contributed by atoms with Gasteiger partial charge < -0.3 is 9.80 Å². The lowest BCUT2D eigenvalue weighted by atomic mass is 9.73. The first-order valence-corrected chi connectivity index (χ1v) is 22.5. The van der Waals surface area contributed by atoms with E-state index in [9.17, 15) is 0 Å². The molecule has 0 aliphatic carbocycles. The molecule has 9 aromatic carbocycles. The molecule has 60 heavy (non-hydrogen) atoms. The molecule has 0 unspecified atom stereocenters. The Kier molecular flexibility index (Phi) is 6.92. The van der Waals surface area contributed by atoms with Crippen LogP contribution in [0.25, 0.3) is 61.9 Å². The second kappa shape index (κ2) is 12.1. The molecule has 0 radical (unpaired) electrons. The highest BCUT2D eigenvalue weighted by Crippen LogP contribution is 2.56. The van der Waals surface area contributed by atoms with E-state index < -0.39 is 0 Å². The van der Waals surface area contributed by atoms with Crippen molar-refractivity contribution in [1.82, 2.24) is 0 Å². The van der Waals surface area contributed by atoms with Crippen molar-refractivity contribution in [3.05, 3.63) is 192 Å². The Hall–Kier alpha value is -6.46. The van der Waals surface area contributed by atoms with Gasteiger partial charge in [-0.1, -0.05) is 113 Å². The molecule has 0 atom stereocenters. The second-order valence-electron chi connectivity index (χ2n) is 17.8. The third-order valence-corrected chi connectivity index (χ3v) is 16.0. The normalized spacial score (nSPS) is 15.2. The van der Waals surface area contributed by atoms with Crippen molar-refractivity contribution in [2.75, 3.05) is 9.80 Å². The van der Waals surface area contributed by atoms with Gasteiger partial charge in [-0.05, 0) is 129 Å². The standard InChI is InChI=1S/C56H40N2S2/c1-55(2)43-15-7-9-17-47(43)57(49-31-53-41(29-45(49)55)39-13-5-11-19-51(39)59-53)37-23-21-33-26-36-28-38(24-22-34(36)25-35(33)27-37)58-48-18-10-8-16-44(48)56(3,4)46-30-42-40-14-6-12-20-52(40)60-54(42)32-50(46)58/h5-32H,1-4H3. The van der Waals surface area contributed by atoms with E-state index in [0.717, 1.165) is 0 Å². The van der Waals surface area contributed by atoms with E-state index in [1.807, 2.05) is 22.7 Å². The van der Waals surface area contributed by atoms with Crippen LogP contribution in [0.2, 0.25) is 0 Å². The summed E-state index contributed by atoms with van der Waals surface area (Å²) < 4.78 is 5.33. The zero-order valence-corrected chi connectivity index (χ0v) is 35.5. The minimum Gasteiger partial charge on any atom is -0.310 e. The molecule has 0 fully saturated rings. The number of fused-ring (bicyclic) bond motifs is 12. The summed E-state index contributed by atoms with van der Waals surface area (Å²) in [6.07, 6.45) is 0. The minimum absolute atomic E-state index is 0.153. The minimum atomic E-state index is -0.153. The lowest BCUT2D eigenvalue weighted by Gasteiger charge is -2.42. The fourth-order valence-electron chi connectivity index (χ4n) is 10.6. The predicted molar refractivity (Wildman–Crippen MR) is 261 cm³/mol. The summed E-state index contributed by atoms with van der Waals surface area (Å²) in [7, 11) is 0. The van der Waals surface area contributed by atoms with Gasteiger partial charge in [-0.3, -0.25) is 0 Å². The van der Waals surface area contributed by atoms with Crippen LogP contribution in [-0.4, -0.2) is 0 Å². The number of anilines is 6. The van der Waals surface area contributed by atoms with Gasteiger partial charge in [0, 0.05) is 62.5 Å². The SMILES string of the molecule is CC1(C)c2ccccc2N(c2ccc3cc4cc(N5c6ccccc6C(C)(C)c6cc7c(cc65)sc5ccccc57)ccc4cc3c2)c2cc3sc4ccccc4c3cc21. The number of benzene rings is 9. The molecule has 286 valence electrons. The van der Waals surface area contributed by atoms with E-state index in [-0.39, 0.29) is 10.8 Å². The first kappa shape index (κ1) is 34.4. The van der Waals surface area contributed by atoms with Crippen LogP contribution in [0.5, 0.6) is 0 Å². The molecule has 0 amide bonds. The van der Waals surface area contributed by atoms with Gasteiger partial charge in [-0.15, -0.1) is 22.7 Å². The van der Waals surface area contributed by atoms with Gasteiger partial charge in [0.25, 0.3) is 0 Å². The number of para-hydroxylation sites is 2. The van der Waals surface area contributed by atoms with Crippen molar-refractivity contribution in [2.45, 2.75) is 38.5 Å². The molecule has 0 bridgehead atoms. The molecule has 0 N–H and O–H groups in total. The Morgan fingerprint density at radius 3 is 1.20 bits per heavy atom. The molecule has 0 spiro atoms. The van der Waals surface area contributed by atoms with Gasteiger partial charge >= 0.3 is 0 Å². The number of rotatable bonds is 2. The van der Waals surface area contributed by atoms with Gasteiger partial charge in [0.15, 0.2) is 0 Å². The third-order valence-electron chi connectivity index (χ3n) is 13.7. The van der Waals surface area contributed by atoms with E-state index in [0.29, 0.717) is 0 Å². The fourth-order valence-corrected chi connectivity index (χ4v) is 12.9. The molecule has 13 rings (SSSR count). The molecule has 4 heteroatoms.